The minimum Gasteiger partial charge on any atom is -0.427 e. The Bertz CT molecular complexity index is 1340. The Morgan fingerprint density at radius 3 is 1.66 bits per heavy atom. The summed E-state index contributed by atoms with van der Waals surface area (Å²) in [7, 11) is 0. The van der Waals surface area contributed by atoms with Gasteiger partial charge in [0.25, 0.3) is 5.75 Å². The predicted molar refractivity (Wildman–Crippen MR) is 120 cm³/mol. The molecule has 0 bridgehead atoms. The molecule has 1 aromatic rings. The first-order valence-electron chi connectivity index (χ1n) is 12.1. The molecule has 1 rings (SSSR count). The fraction of sp³-hybridized carbons (Fsp3) is 0.682. The summed E-state index contributed by atoms with van der Waals surface area (Å²) in [5.41, 5.74) is -3.28. The van der Waals surface area contributed by atoms with E-state index in [1.807, 2.05) is 0 Å². The summed E-state index contributed by atoms with van der Waals surface area (Å²) in [4.78, 5) is 31.9. The van der Waals surface area contributed by atoms with Crippen LogP contribution in [0.2, 0.25) is 0 Å². The number of nitrogens with zero attached hydrogens (tertiary/aromatic N) is 2. The van der Waals surface area contributed by atoms with Crippen molar-refractivity contribution in [3.05, 3.63) is 37.9 Å². The third-order valence-corrected chi connectivity index (χ3v) is 6.09. The molecule has 0 spiro atoms. The number of carbonyl (C=O) groups is 1. The minimum atomic E-state index is -8.69. The van der Waals surface area contributed by atoms with Crippen molar-refractivity contribution < 1.29 is 94.4 Å². The molecule has 0 atom stereocenters. The monoisotopic (exact) mass is 726 g/mol. The first-order valence-corrected chi connectivity index (χ1v) is 12.1. The van der Waals surface area contributed by atoms with Crippen LogP contribution in [0.1, 0.15) is 32.3 Å². The second-order valence-corrected chi connectivity index (χ2v) is 9.86. The minimum absolute atomic E-state index is 0.0197. The van der Waals surface area contributed by atoms with E-state index in [-0.39, 0.29) is 18.8 Å². The molecule has 0 fully saturated rings. The Labute approximate surface area is 250 Å². The lowest BCUT2D eigenvalue weighted by atomic mass is 9.89. The molecule has 0 amide bonds. The van der Waals surface area contributed by atoms with Crippen molar-refractivity contribution in [1.29, 1.82) is 0 Å². The maximum Gasteiger partial charge on any atom is 0.514 e. The molecule has 9 nitrogen and oxygen atoms in total. The molecule has 0 unspecified atom stereocenters. The first-order chi connectivity index (χ1) is 20.9. The van der Waals surface area contributed by atoms with Gasteiger partial charge in [0.15, 0.2) is 6.61 Å². The lowest BCUT2D eigenvalue weighted by Gasteiger charge is -2.42. The number of ether oxygens (including phenoxy) is 2. The van der Waals surface area contributed by atoms with Crippen LogP contribution in [-0.2, 0) is 11.2 Å². The van der Waals surface area contributed by atoms with Gasteiger partial charge in [-0.05, 0) is 24.8 Å². The van der Waals surface area contributed by atoms with E-state index in [4.69, 9.17) is 0 Å². The largest absolute Gasteiger partial charge is 0.514 e. The van der Waals surface area contributed by atoms with E-state index in [9.17, 15) is 95.3 Å². The summed E-state index contributed by atoms with van der Waals surface area (Å²) in [6, 6.07) is 1.27. The number of halogens is 16. The van der Waals surface area contributed by atoms with E-state index in [0.717, 1.165) is 6.07 Å². The van der Waals surface area contributed by atoms with E-state index >= 15 is 0 Å². The van der Waals surface area contributed by atoms with E-state index < -0.39 is 93.2 Å². The smallest absolute Gasteiger partial charge is 0.427 e. The van der Waals surface area contributed by atoms with Crippen molar-refractivity contribution in [2.24, 2.45) is 5.92 Å². The number of nitro benzene ring substituents is 2. The molecule has 0 saturated carbocycles. The van der Waals surface area contributed by atoms with E-state index in [1.165, 1.54) is 0 Å². The molecule has 1 aromatic carbocycles. The second-order valence-electron chi connectivity index (χ2n) is 9.86. The van der Waals surface area contributed by atoms with Crippen LogP contribution in [0.25, 0.3) is 0 Å². The van der Waals surface area contributed by atoms with Gasteiger partial charge in [-0.3, -0.25) is 20.2 Å². The second kappa shape index (κ2) is 13.4. The summed E-state index contributed by atoms with van der Waals surface area (Å²) < 4.78 is 222. The molecule has 0 saturated heterocycles. The molecule has 0 aliphatic carbocycles. The Morgan fingerprint density at radius 2 is 1.23 bits per heavy atom. The van der Waals surface area contributed by atoms with E-state index in [2.05, 4.69) is 9.47 Å². The van der Waals surface area contributed by atoms with Gasteiger partial charge in [0, 0.05) is 11.6 Å². The number of benzene rings is 1. The maximum atomic E-state index is 14.0. The summed E-state index contributed by atoms with van der Waals surface area (Å²) in [6.07, 6.45) is -8.61. The van der Waals surface area contributed by atoms with Crippen LogP contribution in [0.5, 0.6) is 5.75 Å². The number of rotatable bonds is 16. The van der Waals surface area contributed by atoms with E-state index in [1.54, 1.807) is 13.8 Å². The zero-order valence-electron chi connectivity index (χ0n) is 22.9. The maximum absolute atomic E-state index is 14.0. The number of aryl methyl sites for hydroxylation is 1. The average molecular weight is 726 g/mol. The Morgan fingerprint density at radius 1 is 0.766 bits per heavy atom. The molecular weight excluding hydrogens is 708 g/mol. The predicted octanol–water partition coefficient (Wildman–Crippen LogP) is 8.71. The van der Waals surface area contributed by atoms with Gasteiger partial charge in [-0.15, -0.1) is 0 Å². The van der Waals surface area contributed by atoms with Gasteiger partial charge in [0.1, 0.15) is 0 Å². The molecule has 0 aliphatic rings. The third kappa shape index (κ3) is 7.21. The zero-order valence-corrected chi connectivity index (χ0v) is 22.9. The Hall–Kier alpha value is -3.83. The van der Waals surface area contributed by atoms with Crippen LogP contribution in [-0.4, -0.2) is 70.5 Å². The fourth-order valence-electron chi connectivity index (χ4n) is 3.47. The highest BCUT2D eigenvalue weighted by Gasteiger charge is 2.93. The Kier molecular flexibility index (Phi) is 11.7. The van der Waals surface area contributed by atoms with Crippen LogP contribution in [0.4, 0.5) is 86.4 Å². The molecule has 25 heteroatoms. The number of hydrogen-bond acceptors (Lipinski definition) is 7. The van der Waals surface area contributed by atoms with Crippen molar-refractivity contribution in [3.8, 4) is 5.75 Å². The summed E-state index contributed by atoms with van der Waals surface area (Å²) in [5, 5.41) is 22.8. The molecular formula is C22H18F16N2O7. The standard InChI is InChI=1S/C22H18F16N2O7/c1-9(2)4-3-5-10-6-7-11(39(42)43)13(12(10)40(44)45)47-15(41)46-8-16(25,26)18(29,30)20(33,34)22(37,38)21(35,36)19(31,32)17(27,28)14(23)24/h6-7,9,14H,3-5,8H2,1-2H3. The number of alkyl halides is 16. The van der Waals surface area contributed by atoms with Gasteiger partial charge in [-0.25, -0.2) is 13.6 Å². The van der Waals surface area contributed by atoms with Crippen LogP contribution >= 0.6 is 0 Å². The highest BCUT2D eigenvalue weighted by Crippen LogP contribution is 2.62. The Balaban J connectivity index is 3.46. The van der Waals surface area contributed by atoms with Crippen LogP contribution in [0.3, 0.4) is 0 Å². The molecule has 0 N–H and O–H groups in total. The number of nitro groups is 2. The molecule has 0 heterocycles. The molecule has 0 aliphatic heterocycles. The molecule has 0 aromatic heterocycles. The topological polar surface area (TPSA) is 122 Å². The van der Waals surface area contributed by atoms with Crippen molar-refractivity contribution in [2.45, 2.75) is 81.0 Å². The lowest BCUT2D eigenvalue weighted by molar-refractivity contribution is -0.447. The number of carbonyl (C=O) groups excluding carboxylic acids is 1. The van der Waals surface area contributed by atoms with Crippen molar-refractivity contribution in [3.63, 3.8) is 0 Å². The SMILES string of the molecule is CC(C)CCCc1ccc([N+](=O)[O-])c(OC(=O)OCC(F)(F)C(F)(F)C(F)(F)C(F)(F)C(F)(F)C(F)(F)C(F)(F)C(F)F)c1[N+](=O)[O-]. The summed E-state index contributed by atoms with van der Waals surface area (Å²) in [5.74, 6) is -58.6. The van der Waals surface area contributed by atoms with Gasteiger partial charge in [0.05, 0.1) is 9.85 Å². The van der Waals surface area contributed by atoms with Crippen LogP contribution < -0.4 is 4.74 Å². The van der Waals surface area contributed by atoms with Crippen molar-refractivity contribution >= 4 is 17.5 Å². The van der Waals surface area contributed by atoms with Crippen molar-refractivity contribution in [1.82, 2.24) is 0 Å². The van der Waals surface area contributed by atoms with Crippen LogP contribution in [0.15, 0.2) is 12.1 Å². The van der Waals surface area contributed by atoms with Gasteiger partial charge in [-0.2, -0.15) is 61.5 Å². The van der Waals surface area contributed by atoms with Gasteiger partial charge < -0.3 is 9.47 Å². The third-order valence-electron chi connectivity index (χ3n) is 6.09. The van der Waals surface area contributed by atoms with E-state index in [0.29, 0.717) is 12.5 Å². The molecule has 270 valence electrons. The highest BCUT2D eigenvalue weighted by molar-refractivity contribution is 5.72. The van der Waals surface area contributed by atoms with Crippen molar-refractivity contribution in [2.75, 3.05) is 6.61 Å². The first kappa shape index (κ1) is 41.2. The average Bonchev–Trinajstić information content (AvgIpc) is 2.90. The summed E-state index contributed by atoms with van der Waals surface area (Å²) >= 11 is 0. The quantitative estimate of drug-likeness (QED) is 0.0549. The van der Waals surface area contributed by atoms with Gasteiger partial charge in [-0.1, -0.05) is 20.3 Å². The molecule has 0 radical (unpaired) electrons. The summed E-state index contributed by atoms with van der Waals surface area (Å²) in [6.45, 7) is -0.217. The number of hydrogen-bond donors (Lipinski definition) is 0. The van der Waals surface area contributed by atoms with Gasteiger partial charge in [0.2, 0.25) is 0 Å². The molecule has 47 heavy (non-hydrogen) atoms. The highest BCUT2D eigenvalue weighted by atomic mass is 19.4. The fourth-order valence-corrected chi connectivity index (χ4v) is 3.47. The van der Waals surface area contributed by atoms with Crippen LogP contribution in [0, 0.1) is 26.1 Å². The van der Waals surface area contributed by atoms with Gasteiger partial charge >= 0.3 is 65.4 Å². The normalized spacial score (nSPS) is 14.0. The zero-order chi connectivity index (χ0) is 37.4. The lowest BCUT2D eigenvalue weighted by Crippen LogP contribution is -2.74.